The molecule has 9 heteroatoms. The molecule has 2 fully saturated rings. The van der Waals surface area contributed by atoms with Crippen molar-refractivity contribution in [2.75, 3.05) is 40.5 Å². The van der Waals surface area contributed by atoms with Gasteiger partial charge in [0, 0.05) is 50.4 Å². The third kappa shape index (κ3) is 9.28. The molecule has 1 aromatic rings. The fourth-order valence-electron chi connectivity index (χ4n) is 5.10. The zero-order valence-corrected chi connectivity index (χ0v) is 25.0. The number of rotatable bonds is 13. The SMILES string of the molecule is COCCCOc1cc(C(=O)N(C(C)C)[C@@H]2CC[C@@H](CCNC3CC3)N(C(=O)OC(C)(C)C)C2)ccc1OC. The maximum absolute atomic E-state index is 13.9. The van der Waals surface area contributed by atoms with Crippen LogP contribution in [0, 0.1) is 0 Å². The van der Waals surface area contributed by atoms with Gasteiger partial charge < -0.3 is 34.1 Å². The van der Waals surface area contributed by atoms with Crippen LogP contribution in [0.5, 0.6) is 11.5 Å². The van der Waals surface area contributed by atoms with Crippen molar-refractivity contribution in [2.45, 2.75) is 103 Å². The molecule has 0 aromatic heterocycles. The van der Waals surface area contributed by atoms with E-state index in [4.69, 9.17) is 18.9 Å². The first-order chi connectivity index (χ1) is 18.5. The smallest absolute Gasteiger partial charge is 0.410 e. The van der Waals surface area contributed by atoms with Crippen LogP contribution in [0.2, 0.25) is 0 Å². The van der Waals surface area contributed by atoms with Crippen LogP contribution in [0.1, 0.15) is 83.5 Å². The molecule has 0 radical (unpaired) electrons. The van der Waals surface area contributed by atoms with E-state index in [9.17, 15) is 9.59 Å². The molecule has 3 rings (SSSR count). The standard InChI is InChI=1S/C30H49N3O6/c1-21(2)33(28(34)22-9-14-26(37-7)27(19-22)38-18-8-17-36-6)25-13-12-24(15-16-31-23-10-11-23)32(20-25)29(35)39-30(3,4)5/h9,14,19,21,23-25,31H,8,10-13,15-18,20H2,1-7H3/t24-,25+/m0/s1. The predicted molar refractivity (Wildman–Crippen MR) is 152 cm³/mol. The maximum atomic E-state index is 13.9. The number of nitrogens with zero attached hydrogens (tertiary/aromatic N) is 2. The molecular formula is C30H49N3O6. The molecule has 1 heterocycles. The van der Waals surface area contributed by atoms with E-state index in [0.29, 0.717) is 42.9 Å². The van der Waals surface area contributed by atoms with Crippen LogP contribution in [0.15, 0.2) is 18.2 Å². The summed E-state index contributed by atoms with van der Waals surface area (Å²) in [6.45, 7) is 12.1. The van der Waals surface area contributed by atoms with E-state index in [2.05, 4.69) is 5.32 Å². The van der Waals surface area contributed by atoms with Crippen LogP contribution >= 0.6 is 0 Å². The van der Waals surface area contributed by atoms with Crippen LogP contribution in [-0.2, 0) is 9.47 Å². The van der Waals surface area contributed by atoms with Gasteiger partial charge in [-0.25, -0.2) is 4.79 Å². The Morgan fingerprint density at radius 3 is 2.44 bits per heavy atom. The number of ether oxygens (including phenoxy) is 4. The lowest BCUT2D eigenvalue weighted by atomic mass is 9.94. The molecule has 1 saturated heterocycles. The monoisotopic (exact) mass is 547 g/mol. The predicted octanol–water partition coefficient (Wildman–Crippen LogP) is 4.87. The Morgan fingerprint density at radius 1 is 1.08 bits per heavy atom. The van der Waals surface area contributed by atoms with E-state index in [0.717, 1.165) is 32.2 Å². The number of carbonyl (C=O) groups is 2. The Hall–Kier alpha value is -2.52. The number of nitrogens with one attached hydrogen (secondary N) is 1. The van der Waals surface area contributed by atoms with Gasteiger partial charge in [-0.2, -0.15) is 0 Å². The molecule has 2 aliphatic rings. The number of amides is 2. The molecule has 0 bridgehead atoms. The molecule has 2 atom stereocenters. The molecule has 1 aromatic carbocycles. The fraction of sp³-hybridized carbons (Fsp3) is 0.733. The molecule has 9 nitrogen and oxygen atoms in total. The highest BCUT2D eigenvalue weighted by atomic mass is 16.6. The summed E-state index contributed by atoms with van der Waals surface area (Å²) in [7, 11) is 3.24. The Morgan fingerprint density at radius 2 is 1.82 bits per heavy atom. The maximum Gasteiger partial charge on any atom is 0.410 e. The van der Waals surface area contributed by atoms with E-state index < -0.39 is 5.60 Å². The molecule has 0 unspecified atom stereocenters. The Balaban J connectivity index is 1.77. The van der Waals surface area contributed by atoms with Crippen molar-refractivity contribution in [1.29, 1.82) is 0 Å². The highest BCUT2D eigenvalue weighted by Crippen LogP contribution is 2.31. The van der Waals surface area contributed by atoms with Gasteiger partial charge in [-0.05, 0) is 91.5 Å². The number of likely N-dealkylation sites (tertiary alicyclic amines) is 1. The van der Waals surface area contributed by atoms with Crippen LogP contribution in [0.3, 0.4) is 0 Å². The van der Waals surface area contributed by atoms with Gasteiger partial charge in [0.2, 0.25) is 0 Å². The van der Waals surface area contributed by atoms with Crippen molar-refractivity contribution in [1.82, 2.24) is 15.1 Å². The second-order valence-electron chi connectivity index (χ2n) is 11.9. The normalized spacial score (nSPS) is 19.6. The third-order valence-electron chi connectivity index (χ3n) is 7.14. The van der Waals surface area contributed by atoms with E-state index in [1.165, 1.54) is 12.8 Å². The van der Waals surface area contributed by atoms with Gasteiger partial charge in [0.15, 0.2) is 11.5 Å². The van der Waals surface area contributed by atoms with Crippen molar-refractivity contribution in [2.24, 2.45) is 0 Å². The Kier molecular flexibility index (Phi) is 11.3. The van der Waals surface area contributed by atoms with Gasteiger partial charge in [0.1, 0.15) is 5.60 Å². The van der Waals surface area contributed by atoms with Crippen LogP contribution in [-0.4, -0.2) is 92.1 Å². The Bertz CT molecular complexity index is 943. The van der Waals surface area contributed by atoms with Crippen molar-refractivity contribution in [3.05, 3.63) is 23.8 Å². The summed E-state index contributed by atoms with van der Waals surface area (Å²) < 4.78 is 22.3. The largest absolute Gasteiger partial charge is 0.493 e. The minimum absolute atomic E-state index is 0.0516. The van der Waals surface area contributed by atoms with Crippen molar-refractivity contribution >= 4 is 12.0 Å². The minimum atomic E-state index is -0.586. The summed E-state index contributed by atoms with van der Waals surface area (Å²) in [6.07, 6.45) is 5.42. The number of benzene rings is 1. The van der Waals surface area contributed by atoms with Crippen LogP contribution < -0.4 is 14.8 Å². The molecule has 2 amide bonds. The van der Waals surface area contributed by atoms with E-state index in [-0.39, 0.29) is 30.1 Å². The third-order valence-corrected chi connectivity index (χ3v) is 7.14. The summed E-state index contributed by atoms with van der Waals surface area (Å²) >= 11 is 0. The second kappa shape index (κ2) is 14.2. The number of carbonyl (C=O) groups excluding carboxylic acids is 2. The highest BCUT2D eigenvalue weighted by Gasteiger charge is 2.39. The topological polar surface area (TPSA) is 89.6 Å². The summed E-state index contributed by atoms with van der Waals surface area (Å²) in [5, 5.41) is 3.57. The summed E-state index contributed by atoms with van der Waals surface area (Å²) in [5.41, 5.74) is -0.0530. The van der Waals surface area contributed by atoms with E-state index >= 15 is 0 Å². The lowest BCUT2D eigenvalue weighted by Crippen LogP contribution is -2.57. The van der Waals surface area contributed by atoms with Gasteiger partial charge in [0.25, 0.3) is 5.91 Å². The minimum Gasteiger partial charge on any atom is -0.493 e. The molecule has 220 valence electrons. The van der Waals surface area contributed by atoms with Gasteiger partial charge in [-0.15, -0.1) is 0 Å². The average Bonchev–Trinajstić information content (AvgIpc) is 3.70. The molecule has 1 N–H and O–H groups in total. The summed E-state index contributed by atoms with van der Waals surface area (Å²) in [5.74, 6) is 1.03. The zero-order chi connectivity index (χ0) is 28.6. The first kappa shape index (κ1) is 31.0. The van der Waals surface area contributed by atoms with Crippen LogP contribution in [0.25, 0.3) is 0 Å². The summed E-state index contributed by atoms with van der Waals surface area (Å²) in [4.78, 5) is 31.0. The molecular weight excluding hydrogens is 498 g/mol. The highest BCUT2D eigenvalue weighted by molar-refractivity contribution is 5.95. The van der Waals surface area contributed by atoms with Gasteiger partial charge in [-0.1, -0.05) is 0 Å². The van der Waals surface area contributed by atoms with E-state index in [1.54, 1.807) is 32.4 Å². The van der Waals surface area contributed by atoms with Gasteiger partial charge in [0.05, 0.1) is 19.8 Å². The number of hydrogen-bond acceptors (Lipinski definition) is 7. The molecule has 0 spiro atoms. The summed E-state index contributed by atoms with van der Waals surface area (Å²) in [6, 6.07) is 5.84. The van der Waals surface area contributed by atoms with Crippen LogP contribution in [0.4, 0.5) is 4.79 Å². The van der Waals surface area contributed by atoms with Crippen molar-refractivity contribution in [3.8, 4) is 11.5 Å². The average molecular weight is 548 g/mol. The fourth-order valence-corrected chi connectivity index (χ4v) is 5.10. The van der Waals surface area contributed by atoms with Crippen molar-refractivity contribution < 1.29 is 28.5 Å². The Labute approximate surface area is 234 Å². The molecule has 39 heavy (non-hydrogen) atoms. The number of piperidine rings is 1. The lowest BCUT2D eigenvalue weighted by Gasteiger charge is -2.45. The number of methoxy groups -OCH3 is 2. The zero-order valence-electron chi connectivity index (χ0n) is 25.0. The first-order valence-corrected chi connectivity index (χ1v) is 14.4. The number of hydrogen-bond donors (Lipinski definition) is 1. The van der Waals surface area contributed by atoms with E-state index in [1.807, 2.05) is 44.4 Å². The van der Waals surface area contributed by atoms with Gasteiger partial charge in [-0.3, -0.25) is 4.79 Å². The molecule has 1 saturated carbocycles. The first-order valence-electron chi connectivity index (χ1n) is 14.4. The quantitative estimate of drug-likeness (QED) is 0.353. The second-order valence-corrected chi connectivity index (χ2v) is 11.9. The van der Waals surface area contributed by atoms with Gasteiger partial charge >= 0.3 is 6.09 Å². The molecule has 1 aliphatic heterocycles. The molecule has 1 aliphatic carbocycles. The lowest BCUT2D eigenvalue weighted by molar-refractivity contribution is -0.00785. The van der Waals surface area contributed by atoms with Crippen molar-refractivity contribution in [3.63, 3.8) is 0 Å².